The van der Waals surface area contributed by atoms with E-state index in [2.05, 4.69) is 4.98 Å². The Bertz CT molecular complexity index is 1320. The molecule has 0 N–H and O–H groups in total. The second-order valence-corrected chi connectivity index (χ2v) is 9.25. The molecule has 0 unspecified atom stereocenters. The van der Waals surface area contributed by atoms with Gasteiger partial charge in [-0.25, -0.2) is 12.8 Å². The molecular formula is C25H23FN2O4S. The minimum Gasteiger partial charge on any atom is -0.494 e. The molecule has 8 heteroatoms. The van der Waals surface area contributed by atoms with Gasteiger partial charge in [0, 0.05) is 19.2 Å². The summed E-state index contributed by atoms with van der Waals surface area (Å²) in [7, 11) is -2.33. The fraction of sp³-hybridized carbons (Fsp3) is 0.160. The van der Waals surface area contributed by atoms with Gasteiger partial charge in [0.05, 0.1) is 11.5 Å². The number of ether oxygens (including phenoxy) is 1. The van der Waals surface area contributed by atoms with Gasteiger partial charge >= 0.3 is 0 Å². The van der Waals surface area contributed by atoms with E-state index >= 15 is 0 Å². The Hall–Kier alpha value is -3.65. The second kappa shape index (κ2) is 9.46. The van der Waals surface area contributed by atoms with Crippen LogP contribution in [-0.4, -0.2) is 27.1 Å². The topological polar surface area (TPSA) is 72.6 Å². The highest BCUT2D eigenvalue weighted by molar-refractivity contribution is 7.91. The quantitative estimate of drug-likeness (QED) is 0.326. The summed E-state index contributed by atoms with van der Waals surface area (Å²) in [6.07, 6.45) is 0. The van der Waals surface area contributed by atoms with Gasteiger partial charge in [-0.15, -0.1) is 0 Å². The van der Waals surface area contributed by atoms with Crippen LogP contribution >= 0.6 is 0 Å². The van der Waals surface area contributed by atoms with Crippen molar-refractivity contribution in [1.82, 2.24) is 4.98 Å². The van der Waals surface area contributed by atoms with Crippen molar-refractivity contribution in [3.8, 4) is 17.2 Å². The predicted octanol–water partition coefficient (Wildman–Crippen LogP) is 5.35. The maximum Gasteiger partial charge on any atom is 0.236 e. The Balaban J connectivity index is 1.78. The summed E-state index contributed by atoms with van der Waals surface area (Å²) < 4.78 is 51.7. The molecule has 170 valence electrons. The number of halogens is 1. The molecule has 33 heavy (non-hydrogen) atoms. The van der Waals surface area contributed by atoms with Crippen LogP contribution in [0.25, 0.3) is 11.5 Å². The largest absolute Gasteiger partial charge is 0.494 e. The van der Waals surface area contributed by atoms with Crippen molar-refractivity contribution in [2.24, 2.45) is 0 Å². The third-order valence-electron chi connectivity index (χ3n) is 4.98. The van der Waals surface area contributed by atoms with Gasteiger partial charge in [-0.3, -0.25) is 0 Å². The minimum absolute atomic E-state index is 0.0650. The molecule has 4 aromatic rings. The van der Waals surface area contributed by atoms with Gasteiger partial charge < -0.3 is 14.1 Å². The average molecular weight is 467 g/mol. The number of nitrogens with zero attached hydrogens (tertiary/aromatic N) is 2. The zero-order chi connectivity index (χ0) is 23.4. The molecule has 0 aliphatic rings. The molecule has 0 aliphatic carbocycles. The molecule has 0 aliphatic heterocycles. The van der Waals surface area contributed by atoms with Crippen molar-refractivity contribution in [3.05, 3.63) is 90.2 Å². The van der Waals surface area contributed by atoms with Crippen molar-refractivity contribution in [3.63, 3.8) is 0 Å². The number of sulfone groups is 1. The molecule has 0 bridgehead atoms. The Morgan fingerprint density at radius 2 is 1.64 bits per heavy atom. The Morgan fingerprint density at radius 1 is 0.970 bits per heavy atom. The Labute approximate surface area is 192 Å². The molecule has 4 rings (SSSR count). The molecule has 0 radical (unpaired) electrons. The van der Waals surface area contributed by atoms with Gasteiger partial charge in [-0.1, -0.05) is 30.3 Å². The number of hydrogen-bond acceptors (Lipinski definition) is 6. The van der Waals surface area contributed by atoms with E-state index < -0.39 is 15.7 Å². The molecule has 0 saturated heterocycles. The van der Waals surface area contributed by atoms with Crippen LogP contribution in [0.1, 0.15) is 12.5 Å². The average Bonchev–Trinajstić information content (AvgIpc) is 3.27. The van der Waals surface area contributed by atoms with Crippen LogP contribution in [0.4, 0.5) is 10.3 Å². The van der Waals surface area contributed by atoms with Crippen molar-refractivity contribution in [2.75, 3.05) is 18.6 Å². The van der Waals surface area contributed by atoms with Crippen LogP contribution < -0.4 is 9.64 Å². The van der Waals surface area contributed by atoms with E-state index in [1.54, 1.807) is 36.2 Å². The minimum atomic E-state index is -4.07. The normalized spacial score (nSPS) is 11.4. The maximum absolute atomic E-state index is 13.4. The number of anilines is 1. The predicted molar refractivity (Wildman–Crippen MR) is 124 cm³/mol. The summed E-state index contributed by atoms with van der Waals surface area (Å²) in [5.41, 5.74) is 1.58. The highest BCUT2D eigenvalue weighted by Gasteiger charge is 2.30. The van der Waals surface area contributed by atoms with Crippen LogP contribution in [0.5, 0.6) is 5.75 Å². The van der Waals surface area contributed by atoms with Crippen LogP contribution in [0.2, 0.25) is 0 Å². The van der Waals surface area contributed by atoms with E-state index in [0.29, 0.717) is 24.5 Å². The lowest BCUT2D eigenvalue weighted by Crippen LogP contribution is -2.18. The molecule has 0 atom stereocenters. The van der Waals surface area contributed by atoms with Gasteiger partial charge in [0.15, 0.2) is 0 Å². The highest BCUT2D eigenvalue weighted by Crippen LogP contribution is 2.35. The van der Waals surface area contributed by atoms with E-state index in [-0.39, 0.29) is 21.7 Å². The molecular weight excluding hydrogens is 443 g/mol. The number of benzene rings is 3. The summed E-state index contributed by atoms with van der Waals surface area (Å²) in [5, 5.41) is -0.226. The van der Waals surface area contributed by atoms with Crippen LogP contribution in [0, 0.1) is 5.82 Å². The van der Waals surface area contributed by atoms with Crippen LogP contribution in [-0.2, 0) is 16.4 Å². The summed E-state index contributed by atoms with van der Waals surface area (Å²) in [5.74, 6) is 0.430. The highest BCUT2D eigenvalue weighted by atomic mass is 32.2. The molecule has 0 spiro atoms. The first-order chi connectivity index (χ1) is 15.9. The zero-order valence-corrected chi connectivity index (χ0v) is 19.0. The van der Waals surface area contributed by atoms with Gasteiger partial charge in [0.25, 0.3) is 0 Å². The summed E-state index contributed by atoms with van der Waals surface area (Å²) >= 11 is 0. The Morgan fingerprint density at radius 3 is 2.27 bits per heavy atom. The Kier molecular flexibility index (Phi) is 6.46. The van der Waals surface area contributed by atoms with Crippen molar-refractivity contribution >= 4 is 15.7 Å². The molecule has 0 amide bonds. The number of oxazole rings is 1. The number of aromatic nitrogens is 1. The summed E-state index contributed by atoms with van der Waals surface area (Å²) in [4.78, 5) is 5.98. The van der Waals surface area contributed by atoms with Gasteiger partial charge in [0.1, 0.15) is 11.6 Å². The lowest BCUT2D eigenvalue weighted by atomic mass is 10.2. The first kappa shape index (κ1) is 22.5. The smallest absolute Gasteiger partial charge is 0.236 e. The zero-order valence-electron chi connectivity index (χ0n) is 18.2. The lowest BCUT2D eigenvalue weighted by Gasteiger charge is -2.17. The second-order valence-electron chi connectivity index (χ2n) is 7.39. The van der Waals surface area contributed by atoms with E-state index in [0.717, 1.165) is 17.7 Å². The van der Waals surface area contributed by atoms with Crippen molar-refractivity contribution < 1.29 is 22.0 Å². The standard InChI is InChI=1S/C25H23FN2O4S/c1-3-31-21-13-9-19(10-14-21)23-27-24(33(29,30)22-15-11-20(26)12-16-22)25(32-23)28(2)17-18-7-5-4-6-8-18/h4-16H,3,17H2,1-2H3. The van der Waals surface area contributed by atoms with Crippen molar-refractivity contribution in [2.45, 2.75) is 23.4 Å². The number of rotatable bonds is 8. The van der Waals surface area contributed by atoms with Crippen molar-refractivity contribution in [1.29, 1.82) is 0 Å². The summed E-state index contributed by atoms with van der Waals surface area (Å²) in [6, 6.07) is 21.3. The molecule has 1 heterocycles. The molecule has 6 nitrogen and oxygen atoms in total. The van der Waals surface area contributed by atoms with E-state index in [4.69, 9.17) is 9.15 Å². The number of hydrogen-bond donors (Lipinski definition) is 0. The monoisotopic (exact) mass is 466 g/mol. The van der Waals surface area contributed by atoms with Crippen LogP contribution in [0.3, 0.4) is 0 Å². The lowest BCUT2D eigenvalue weighted by molar-refractivity contribution is 0.340. The van der Waals surface area contributed by atoms with E-state index in [1.807, 2.05) is 37.3 Å². The molecule has 0 saturated carbocycles. The first-order valence-corrected chi connectivity index (χ1v) is 11.9. The SMILES string of the molecule is CCOc1ccc(-c2nc(S(=O)(=O)c3ccc(F)cc3)c(N(C)Cc3ccccc3)o2)cc1. The van der Waals surface area contributed by atoms with E-state index in [9.17, 15) is 12.8 Å². The van der Waals surface area contributed by atoms with E-state index in [1.165, 1.54) is 12.1 Å². The van der Waals surface area contributed by atoms with Crippen LogP contribution in [0.15, 0.2) is 93.2 Å². The fourth-order valence-corrected chi connectivity index (χ4v) is 4.70. The fourth-order valence-electron chi connectivity index (χ4n) is 3.35. The maximum atomic E-state index is 13.4. The molecule has 3 aromatic carbocycles. The third-order valence-corrected chi connectivity index (χ3v) is 6.65. The van der Waals surface area contributed by atoms with Gasteiger partial charge in [-0.2, -0.15) is 4.98 Å². The molecule has 0 fully saturated rings. The molecule has 1 aromatic heterocycles. The van der Waals surface area contributed by atoms with Gasteiger partial charge in [0.2, 0.25) is 26.6 Å². The first-order valence-electron chi connectivity index (χ1n) is 10.4. The third kappa shape index (κ3) is 4.90. The summed E-state index contributed by atoms with van der Waals surface area (Å²) in [6.45, 7) is 2.83. The van der Waals surface area contributed by atoms with Gasteiger partial charge in [-0.05, 0) is 61.0 Å².